The summed E-state index contributed by atoms with van der Waals surface area (Å²) in [6.07, 6.45) is 0. The molecule has 1 aromatic carbocycles. The summed E-state index contributed by atoms with van der Waals surface area (Å²) < 4.78 is 0. The Morgan fingerprint density at radius 3 is 2.80 bits per heavy atom. The molecule has 20 heavy (non-hydrogen) atoms. The highest BCUT2D eigenvalue weighted by Gasteiger charge is 2.19. The summed E-state index contributed by atoms with van der Waals surface area (Å²) in [6.45, 7) is 6.16. The van der Waals surface area contributed by atoms with Gasteiger partial charge in [0.2, 0.25) is 0 Å². The van der Waals surface area contributed by atoms with Gasteiger partial charge in [0, 0.05) is 34.3 Å². The van der Waals surface area contributed by atoms with Gasteiger partial charge in [0.05, 0.1) is 0 Å². The number of benzene rings is 1. The summed E-state index contributed by atoms with van der Waals surface area (Å²) in [5.74, 6) is -0.115. The molecular weight excluding hydrogens is 270 g/mol. The van der Waals surface area contributed by atoms with Gasteiger partial charge in [-0.15, -0.1) is 11.3 Å². The van der Waals surface area contributed by atoms with E-state index in [4.69, 9.17) is 5.73 Å². The number of hydrogen-bond donors (Lipinski definition) is 2. The molecule has 0 unspecified atom stereocenters. The zero-order valence-corrected chi connectivity index (χ0v) is 12.8. The highest BCUT2D eigenvalue weighted by molar-refractivity contribution is 7.13. The van der Waals surface area contributed by atoms with Crippen LogP contribution in [0, 0.1) is 6.92 Å². The molecule has 4 nitrogen and oxygen atoms in total. The molecule has 0 aliphatic heterocycles. The number of hydrogen-bond acceptors (Lipinski definition) is 4. The smallest absolute Gasteiger partial charge is 0.251 e. The standard InChI is InChI=1S/C15H19N3OS/c1-10-8-20-14(17-10)12-6-4-5-11(7-12)13(19)18-15(2,3)9-16/h4-8H,9,16H2,1-3H3,(H,18,19). The van der Waals surface area contributed by atoms with E-state index in [1.165, 1.54) is 0 Å². The molecule has 0 bridgehead atoms. The summed E-state index contributed by atoms with van der Waals surface area (Å²) >= 11 is 1.58. The number of nitrogens with two attached hydrogens (primary N) is 1. The number of rotatable bonds is 4. The minimum atomic E-state index is -0.412. The van der Waals surface area contributed by atoms with Crippen molar-refractivity contribution in [1.82, 2.24) is 10.3 Å². The Morgan fingerprint density at radius 2 is 2.20 bits per heavy atom. The Hall–Kier alpha value is -1.72. The number of aryl methyl sites for hydroxylation is 1. The van der Waals surface area contributed by atoms with Crippen LogP contribution in [0.25, 0.3) is 10.6 Å². The molecule has 5 heteroatoms. The van der Waals surface area contributed by atoms with E-state index in [-0.39, 0.29) is 5.91 Å². The van der Waals surface area contributed by atoms with E-state index < -0.39 is 5.54 Å². The fourth-order valence-electron chi connectivity index (χ4n) is 1.71. The maximum Gasteiger partial charge on any atom is 0.251 e. The van der Waals surface area contributed by atoms with Crippen LogP contribution in [0.1, 0.15) is 29.9 Å². The molecule has 106 valence electrons. The fourth-order valence-corrected chi connectivity index (χ4v) is 2.51. The third-order valence-corrected chi connectivity index (χ3v) is 3.96. The average Bonchev–Trinajstić information content (AvgIpc) is 2.85. The maximum absolute atomic E-state index is 12.2. The van der Waals surface area contributed by atoms with Gasteiger partial charge in [-0.2, -0.15) is 0 Å². The van der Waals surface area contributed by atoms with Crippen molar-refractivity contribution < 1.29 is 4.79 Å². The molecule has 1 heterocycles. The maximum atomic E-state index is 12.2. The van der Waals surface area contributed by atoms with E-state index in [0.29, 0.717) is 12.1 Å². The Balaban J connectivity index is 2.24. The van der Waals surface area contributed by atoms with Crippen molar-refractivity contribution in [2.24, 2.45) is 5.73 Å². The molecule has 0 aliphatic rings. The molecular formula is C15H19N3OS. The molecule has 0 spiro atoms. The van der Waals surface area contributed by atoms with Gasteiger partial charge in [-0.1, -0.05) is 12.1 Å². The SMILES string of the molecule is Cc1csc(-c2cccc(C(=O)NC(C)(C)CN)c2)n1. The largest absolute Gasteiger partial charge is 0.346 e. The monoisotopic (exact) mass is 289 g/mol. The molecule has 2 rings (SSSR count). The van der Waals surface area contributed by atoms with E-state index in [0.717, 1.165) is 16.3 Å². The van der Waals surface area contributed by atoms with Gasteiger partial charge in [0.15, 0.2) is 0 Å². The van der Waals surface area contributed by atoms with Crippen LogP contribution >= 0.6 is 11.3 Å². The average molecular weight is 289 g/mol. The van der Waals surface area contributed by atoms with Gasteiger partial charge in [0.25, 0.3) is 5.91 Å². The molecule has 0 fully saturated rings. The highest BCUT2D eigenvalue weighted by atomic mass is 32.1. The van der Waals surface area contributed by atoms with E-state index in [2.05, 4.69) is 10.3 Å². The van der Waals surface area contributed by atoms with Crippen molar-refractivity contribution >= 4 is 17.2 Å². The van der Waals surface area contributed by atoms with Crippen molar-refractivity contribution in [1.29, 1.82) is 0 Å². The molecule has 0 radical (unpaired) electrons. The first-order valence-electron chi connectivity index (χ1n) is 6.46. The van der Waals surface area contributed by atoms with E-state index in [1.54, 1.807) is 17.4 Å². The Bertz CT molecular complexity index is 619. The number of carbonyl (C=O) groups is 1. The van der Waals surface area contributed by atoms with Crippen LogP contribution < -0.4 is 11.1 Å². The predicted octanol–water partition coefficient (Wildman–Crippen LogP) is 2.59. The molecule has 0 aliphatic carbocycles. The van der Waals surface area contributed by atoms with Crippen molar-refractivity contribution in [3.8, 4) is 10.6 Å². The topological polar surface area (TPSA) is 68.0 Å². The van der Waals surface area contributed by atoms with Crippen LogP contribution in [0.2, 0.25) is 0 Å². The van der Waals surface area contributed by atoms with Crippen LogP contribution in [-0.4, -0.2) is 23.0 Å². The first-order valence-corrected chi connectivity index (χ1v) is 7.34. The normalized spacial score (nSPS) is 11.4. The third kappa shape index (κ3) is 3.43. The lowest BCUT2D eigenvalue weighted by Gasteiger charge is -2.24. The summed E-state index contributed by atoms with van der Waals surface area (Å²) in [5, 5.41) is 5.85. The number of nitrogens with one attached hydrogen (secondary N) is 1. The lowest BCUT2D eigenvalue weighted by Crippen LogP contribution is -2.48. The first kappa shape index (κ1) is 14.7. The van der Waals surface area contributed by atoms with Crippen LogP contribution in [0.4, 0.5) is 0 Å². The molecule has 3 N–H and O–H groups in total. The van der Waals surface area contributed by atoms with Crippen molar-refractivity contribution in [3.05, 3.63) is 40.9 Å². The van der Waals surface area contributed by atoms with Crippen molar-refractivity contribution in [2.45, 2.75) is 26.3 Å². The zero-order chi connectivity index (χ0) is 14.8. The Labute approximate surface area is 123 Å². The number of nitrogens with zero attached hydrogens (tertiary/aromatic N) is 1. The minimum Gasteiger partial charge on any atom is -0.346 e. The lowest BCUT2D eigenvalue weighted by atomic mass is 10.0. The van der Waals surface area contributed by atoms with Crippen LogP contribution in [0.3, 0.4) is 0 Å². The summed E-state index contributed by atoms with van der Waals surface area (Å²) in [5.41, 5.74) is 7.79. The summed E-state index contributed by atoms with van der Waals surface area (Å²) in [6, 6.07) is 7.49. The number of thiazole rings is 1. The number of aromatic nitrogens is 1. The predicted molar refractivity (Wildman–Crippen MR) is 82.9 cm³/mol. The van der Waals surface area contributed by atoms with E-state index >= 15 is 0 Å². The second-order valence-corrected chi connectivity index (χ2v) is 6.28. The van der Waals surface area contributed by atoms with Gasteiger partial charge in [0.1, 0.15) is 5.01 Å². The van der Waals surface area contributed by atoms with Gasteiger partial charge in [-0.25, -0.2) is 4.98 Å². The summed E-state index contributed by atoms with van der Waals surface area (Å²) in [7, 11) is 0. The first-order chi connectivity index (χ1) is 9.41. The van der Waals surface area contributed by atoms with Crippen LogP contribution in [-0.2, 0) is 0 Å². The molecule has 0 saturated carbocycles. The zero-order valence-electron chi connectivity index (χ0n) is 11.9. The number of carbonyl (C=O) groups excluding carboxylic acids is 1. The third-order valence-electron chi connectivity index (χ3n) is 2.95. The van der Waals surface area contributed by atoms with Crippen molar-refractivity contribution in [2.75, 3.05) is 6.54 Å². The Morgan fingerprint density at radius 1 is 1.45 bits per heavy atom. The Kier molecular flexibility index (Phi) is 4.20. The highest BCUT2D eigenvalue weighted by Crippen LogP contribution is 2.24. The molecule has 0 saturated heterocycles. The van der Waals surface area contributed by atoms with Gasteiger partial charge in [-0.05, 0) is 32.9 Å². The fraction of sp³-hybridized carbons (Fsp3) is 0.333. The van der Waals surface area contributed by atoms with Gasteiger partial charge >= 0.3 is 0 Å². The van der Waals surface area contributed by atoms with Gasteiger partial charge < -0.3 is 11.1 Å². The lowest BCUT2D eigenvalue weighted by molar-refractivity contribution is 0.0916. The number of amides is 1. The quantitative estimate of drug-likeness (QED) is 0.909. The molecule has 0 atom stereocenters. The van der Waals surface area contributed by atoms with Crippen LogP contribution in [0.15, 0.2) is 29.6 Å². The molecule has 1 amide bonds. The van der Waals surface area contributed by atoms with Crippen LogP contribution in [0.5, 0.6) is 0 Å². The van der Waals surface area contributed by atoms with Crippen molar-refractivity contribution in [3.63, 3.8) is 0 Å². The molecule has 1 aromatic heterocycles. The second-order valence-electron chi connectivity index (χ2n) is 5.42. The van der Waals surface area contributed by atoms with E-state index in [9.17, 15) is 4.79 Å². The van der Waals surface area contributed by atoms with Gasteiger partial charge in [-0.3, -0.25) is 4.79 Å². The summed E-state index contributed by atoms with van der Waals surface area (Å²) in [4.78, 5) is 16.7. The minimum absolute atomic E-state index is 0.115. The molecule has 2 aromatic rings. The van der Waals surface area contributed by atoms with E-state index in [1.807, 2.05) is 44.4 Å². The second kappa shape index (κ2) is 5.73.